The third-order valence-corrected chi connectivity index (χ3v) is 5.78. The third-order valence-electron chi connectivity index (χ3n) is 5.78. The third kappa shape index (κ3) is 4.88. The van der Waals surface area contributed by atoms with Crippen LogP contribution in [0.1, 0.15) is 52.7 Å². The lowest BCUT2D eigenvalue weighted by molar-refractivity contribution is 0.0174. The predicted molar refractivity (Wildman–Crippen MR) is 117 cm³/mol. The zero-order chi connectivity index (χ0) is 22.0. The highest BCUT2D eigenvalue weighted by Gasteiger charge is 2.36. The summed E-state index contributed by atoms with van der Waals surface area (Å²) in [5.74, 6) is 2.42. The molecule has 164 valence electrons. The van der Waals surface area contributed by atoms with Crippen LogP contribution in [0.4, 0.5) is 0 Å². The molecule has 1 aliphatic heterocycles. The van der Waals surface area contributed by atoms with Gasteiger partial charge in [-0.1, -0.05) is 25.1 Å². The number of carbonyl (C=O) groups excluding carboxylic acids is 1. The smallest absolute Gasteiger partial charge is 0.289 e. The van der Waals surface area contributed by atoms with Gasteiger partial charge in [-0.25, -0.2) is 0 Å². The first-order chi connectivity index (χ1) is 14.9. The largest absolute Gasteiger partial charge is 0.456 e. The summed E-state index contributed by atoms with van der Waals surface area (Å²) in [6, 6.07) is 8.06. The van der Waals surface area contributed by atoms with Crippen LogP contribution in [0, 0.1) is 19.8 Å². The Balaban J connectivity index is 1.36. The monoisotopic (exact) mass is 422 g/mol. The van der Waals surface area contributed by atoms with Crippen molar-refractivity contribution in [1.82, 2.24) is 19.9 Å². The minimum Gasteiger partial charge on any atom is -0.456 e. The Kier molecular flexibility index (Phi) is 6.23. The number of aryl methyl sites for hydroxylation is 2. The van der Waals surface area contributed by atoms with Gasteiger partial charge in [0, 0.05) is 56.6 Å². The van der Waals surface area contributed by atoms with Crippen molar-refractivity contribution >= 4 is 5.91 Å². The molecule has 0 saturated carbocycles. The van der Waals surface area contributed by atoms with Crippen molar-refractivity contribution in [3.63, 3.8) is 0 Å². The van der Waals surface area contributed by atoms with E-state index in [9.17, 15) is 4.79 Å². The van der Waals surface area contributed by atoms with Crippen LogP contribution in [0.15, 0.2) is 45.6 Å². The van der Waals surface area contributed by atoms with Gasteiger partial charge in [0.2, 0.25) is 0 Å². The maximum atomic E-state index is 12.9. The van der Waals surface area contributed by atoms with Crippen LogP contribution in [0.25, 0.3) is 0 Å². The van der Waals surface area contributed by atoms with Crippen LogP contribution in [0.5, 0.6) is 0 Å². The molecule has 0 N–H and O–H groups in total. The van der Waals surface area contributed by atoms with Gasteiger partial charge in [-0.15, -0.1) is 0 Å². The SMILES string of the molecule is Cc1noc(C)c1Cc1ccc(C(=O)N2CC(N(Cc3cccnc3)CC(C)C)C2)o1. The normalized spacial score (nSPS) is 14.5. The summed E-state index contributed by atoms with van der Waals surface area (Å²) in [5.41, 5.74) is 3.06. The fraction of sp³-hybridized carbons (Fsp3) is 0.458. The van der Waals surface area contributed by atoms with E-state index in [1.54, 1.807) is 12.3 Å². The fourth-order valence-electron chi connectivity index (χ4n) is 4.06. The summed E-state index contributed by atoms with van der Waals surface area (Å²) < 4.78 is 11.1. The number of hydrogen-bond donors (Lipinski definition) is 0. The van der Waals surface area contributed by atoms with Crippen molar-refractivity contribution in [2.75, 3.05) is 19.6 Å². The van der Waals surface area contributed by atoms with E-state index >= 15 is 0 Å². The van der Waals surface area contributed by atoms with Crippen molar-refractivity contribution in [1.29, 1.82) is 0 Å². The van der Waals surface area contributed by atoms with Gasteiger partial charge in [-0.3, -0.25) is 14.7 Å². The molecule has 0 unspecified atom stereocenters. The number of amides is 1. The molecule has 0 aromatic carbocycles. The predicted octanol–water partition coefficient (Wildman–Crippen LogP) is 3.85. The molecule has 0 radical (unpaired) electrons. The van der Waals surface area contributed by atoms with Crippen molar-refractivity contribution in [2.24, 2.45) is 5.92 Å². The second-order valence-corrected chi connectivity index (χ2v) is 8.79. The van der Waals surface area contributed by atoms with E-state index in [4.69, 9.17) is 8.94 Å². The van der Waals surface area contributed by atoms with Crippen LogP contribution in [0.2, 0.25) is 0 Å². The summed E-state index contributed by atoms with van der Waals surface area (Å²) in [6.45, 7) is 11.5. The quantitative estimate of drug-likeness (QED) is 0.549. The molecule has 1 aliphatic rings. The molecule has 0 spiro atoms. The highest BCUT2D eigenvalue weighted by atomic mass is 16.5. The van der Waals surface area contributed by atoms with Crippen LogP contribution in [-0.2, 0) is 13.0 Å². The molecule has 3 aromatic rings. The minimum atomic E-state index is -0.0489. The van der Waals surface area contributed by atoms with Gasteiger partial charge >= 0.3 is 0 Å². The Morgan fingerprint density at radius 2 is 2.06 bits per heavy atom. The second kappa shape index (κ2) is 9.06. The van der Waals surface area contributed by atoms with Crippen LogP contribution >= 0.6 is 0 Å². The molecule has 31 heavy (non-hydrogen) atoms. The standard InChI is InChI=1S/C24H30N4O3/c1-16(2)12-27(13-19-6-5-9-25-11-19)20-14-28(15-20)24(29)23-8-7-21(30-23)10-22-17(3)26-31-18(22)4/h5-9,11,16,20H,10,12-15H2,1-4H3. The van der Waals surface area contributed by atoms with Crippen molar-refractivity contribution in [3.8, 4) is 0 Å². The average molecular weight is 423 g/mol. The first-order valence-corrected chi connectivity index (χ1v) is 10.8. The summed E-state index contributed by atoms with van der Waals surface area (Å²) in [4.78, 5) is 21.4. The number of hydrogen-bond acceptors (Lipinski definition) is 6. The molecule has 4 rings (SSSR count). The van der Waals surface area contributed by atoms with E-state index in [0.29, 0.717) is 37.2 Å². The summed E-state index contributed by atoms with van der Waals surface area (Å²) in [7, 11) is 0. The van der Waals surface area contributed by atoms with Gasteiger partial charge in [0.25, 0.3) is 5.91 Å². The van der Waals surface area contributed by atoms with Crippen LogP contribution in [0.3, 0.4) is 0 Å². The van der Waals surface area contributed by atoms with Crippen LogP contribution in [-0.4, -0.2) is 51.5 Å². The Bertz CT molecular complexity index is 999. The van der Waals surface area contributed by atoms with Gasteiger partial charge in [0.15, 0.2) is 5.76 Å². The van der Waals surface area contributed by atoms with Gasteiger partial charge in [-0.2, -0.15) is 0 Å². The molecular weight excluding hydrogens is 392 g/mol. The Hall–Kier alpha value is -2.93. The summed E-state index contributed by atoms with van der Waals surface area (Å²) in [5, 5.41) is 3.98. The molecule has 7 nitrogen and oxygen atoms in total. The van der Waals surface area contributed by atoms with Crippen molar-refractivity contribution in [2.45, 2.75) is 46.7 Å². The fourth-order valence-corrected chi connectivity index (χ4v) is 4.06. The molecule has 1 saturated heterocycles. The summed E-state index contributed by atoms with van der Waals surface area (Å²) in [6.07, 6.45) is 4.28. The highest BCUT2D eigenvalue weighted by Crippen LogP contribution is 2.24. The minimum absolute atomic E-state index is 0.0489. The molecular formula is C24H30N4O3. The lowest BCUT2D eigenvalue weighted by atomic mass is 10.0. The average Bonchev–Trinajstić information content (AvgIpc) is 3.29. The first-order valence-electron chi connectivity index (χ1n) is 10.8. The topological polar surface area (TPSA) is 75.6 Å². The lowest BCUT2D eigenvalue weighted by Crippen LogP contribution is -2.61. The maximum absolute atomic E-state index is 12.9. The van der Waals surface area contributed by atoms with Crippen molar-refractivity contribution in [3.05, 3.63) is 70.8 Å². The highest BCUT2D eigenvalue weighted by molar-refractivity contribution is 5.92. The van der Waals surface area contributed by atoms with E-state index < -0.39 is 0 Å². The Labute approximate surface area is 183 Å². The zero-order valence-corrected chi connectivity index (χ0v) is 18.7. The molecule has 1 fully saturated rings. The van der Waals surface area contributed by atoms with Gasteiger partial charge in [0.1, 0.15) is 11.5 Å². The molecule has 0 aliphatic carbocycles. The zero-order valence-electron chi connectivity index (χ0n) is 18.7. The van der Waals surface area contributed by atoms with E-state index in [1.165, 1.54) is 5.56 Å². The number of furan rings is 1. The first kappa shape index (κ1) is 21.3. The number of carbonyl (C=O) groups is 1. The van der Waals surface area contributed by atoms with Gasteiger partial charge in [-0.05, 0) is 43.5 Å². The number of nitrogens with zero attached hydrogens (tertiary/aromatic N) is 4. The number of rotatable bonds is 8. The van der Waals surface area contributed by atoms with E-state index in [0.717, 1.165) is 35.9 Å². The van der Waals surface area contributed by atoms with E-state index in [-0.39, 0.29) is 5.91 Å². The van der Waals surface area contributed by atoms with Gasteiger partial charge in [0.05, 0.1) is 5.69 Å². The van der Waals surface area contributed by atoms with Crippen molar-refractivity contribution < 1.29 is 13.7 Å². The van der Waals surface area contributed by atoms with E-state index in [1.807, 2.05) is 37.1 Å². The molecule has 4 heterocycles. The molecule has 1 amide bonds. The van der Waals surface area contributed by atoms with E-state index in [2.05, 4.69) is 35.0 Å². The maximum Gasteiger partial charge on any atom is 0.289 e. The lowest BCUT2D eigenvalue weighted by Gasteiger charge is -2.45. The number of pyridine rings is 1. The Morgan fingerprint density at radius 1 is 1.26 bits per heavy atom. The van der Waals surface area contributed by atoms with Crippen LogP contribution < -0.4 is 0 Å². The molecule has 7 heteroatoms. The number of likely N-dealkylation sites (tertiary alicyclic amines) is 1. The molecule has 0 bridgehead atoms. The second-order valence-electron chi connectivity index (χ2n) is 8.79. The molecule has 3 aromatic heterocycles. The Morgan fingerprint density at radius 3 is 2.71 bits per heavy atom. The van der Waals surface area contributed by atoms with Gasteiger partial charge < -0.3 is 13.8 Å². The number of aromatic nitrogens is 2. The molecule has 0 atom stereocenters. The summed E-state index contributed by atoms with van der Waals surface area (Å²) >= 11 is 0.